The zero-order valence-corrected chi connectivity index (χ0v) is 7.56. The van der Waals surface area contributed by atoms with Crippen LogP contribution in [0.4, 0.5) is 0 Å². The van der Waals surface area contributed by atoms with Crippen LogP contribution in [0.2, 0.25) is 0 Å². The van der Waals surface area contributed by atoms with Gasteiger partial charge in [0.2, 0.25) is 0 Å². The summed E-state index contributed by atoms with van der Waals surface area (Å²) in [7, 11) is 0. The molecule has 0 aliphatic rings. The normalized spacial score (nSPS) is 9.07. The Balaban J connectivity index is 3.34. The highest BCUT2D eigenvalue weighted by atomic mass is 16.3. The van der Waals surface area contributed by atoms with E-state index in [1.165, 1.54) is 0 Å². The minimum absolute atomic E-state index is 0.0458. The second-order valence-electron chi connectivity index (χ2n) is 2.59. The van der Waals surface area contributed by atoms with Crippen LogP contribution < -0.4 is 0 Å². The molecular weight excluding hydrogens is 182 g/mol. The first kappa shape index (κ1) is 9.87. The fourth-order valence-electron chi connectivity index (χ4n) is 1.11. The number of rotatable bonds is 3. The Bertz CT molecular complexity index is 434. The summed E-state index contributed by atoms with van der Waals surface area (Å²) in [4.78, 5) is 14.3. The first-order valence-electron chi connectivity index (χ1n) is 4.03. The molecule has 6 heteroatoms. The highest BCUT2D eigenvalue weighted by Crippen LogP contribution is 2.11. The fraction of sp³-hybridized carbons (Fsp3) is 0.375. The maximum Gasteiger partial charge on any atom is 0.183 e. The molecule has 0 saturated carbocycles. The van der Waals surface area contributed by atoms with E-state index in [-0.39, 0.29) is 11.4 Å². The van der Waals surface area contributed by atoms with Crippen LogP contribution >= 0.6 is 0 Å². The van der Waals surface area contributed by atoms with Crippen LogP contribution in [-0.4, -0.2) is 9.66 Å². The maximum atomic E-state index is 10.4. The topological polar surface area (TPSA) is 94.8 Å². The Morgan fingerprint density at radius 2 is 2.21 bits per heavy atom. The molecular formula is C8H7N5O. The van der Waals surface area contributed by atoms with E-state index in [1.807, 2.05) is 6.92 Å². The van der Waals surface area contributed by atoms with Crippen LogP contribution in [0, 0.1) is 27.6 Å². The minimum atomic E-state index is -0.0917. The van der Waals surface area contributed by atoms with Crippen molar-refractivity contribution >= 4 is 0 Å². The lowest BCUT2D eigenvalue weighted by Crippen LogP contribution is -1.98. The van der Waals surface area contributed by atoms with Gasteiger partial charge in [0.05, 0.1) is 5.29 Å². The van der Waals surface area contributed by atoms with Gasteiger partial charge in [-0.3, -0.25) is 0 Å². The van der Waals surface area contributed by atoms with Crippen molar-refractivity contribution in [3.8, 4) is 12.1 Å². The van der Waals surface area contributed by atoms with Crippen molar-refractivity contribution in [1.82, 2.24) is 9.66 Å². The Hall–Kier alpha value is -2.21. The van der Waals surface area contributed by atoms with E-state index in [0.29, 0.717) is 12.2 Å². The Labute approximate surface area is 80.3 Å². The third-order valence-electron chi connectivity index (χ3n) is 1.69. The summed E-state index contributed by atoms with van der Waals surface area (Å²) < 4.78 is 0.877. The maximum absolute atomic E-state index is 10.4. The molecule has 0 radical (unpaired) electrons. The molecule has 0 amide bonds. The molecule has 1 aromatic heterocycles. The molecule has 1 aromatic rings. The number of aromatic nitrogens is 2. The quantitative estimate of drug-likeness (QED) is 0.665. The molecule has 0 unspecified atom stereocenters. The SMILES string of the molecule is CCCc1nc(C#N)c(C#N)n1N=O. The van der Waals surface area contributed by atoms with Gasteiger partial charge in [-0.25, -0.2) is 4.98 Å². The van der Waals surface area contributed by atoms with E-state index in [9.17, 15) is 4.91 Å². The smallest absolute Gasteiger partial charge is 0.183 e. The monoisotopic (exact) mass is 189 g/mol. The number of nitriles is 2. The zero-order valence-electron chi connectivity index (χ0n) is 7.56. The van der Waals surface area contributed by atoms with E-state index in [0.717, 1.165) is 11.1 Å². The molecule has 0 saturated heterocycles. The molecule has 1 heterocycles. The number of nitroso groups, excluding NO2 is 1. The van der Waals surface area contributed by atoms with Crippen LogP contribution in [0.5, 0.6) is 0 Å². The van der Waals surface area contributed by atoms with Crippen LogP contribution in [0.3, 0.4) is 0 Å². The number of imidazole rings is 1. The molecule has 14 heavy (non-hydrogen) atoms. The summed E-state index contributed by atoms with van der Waals surface area (Å²) in [6.45, 7) is 1.90. The standard InChI is InChI=1S/C8H7N5O/c1-2-3-8-11-6(4-9)7(5-10)13(8)12-14/h2-3H2,1H3. The molecule has 1 rings (SSSR count). The van der Waals surface area contributed by atoms with Crippen molar-refractivity contribution in [2.45, 2.75) is 19.8 Å². The second-order valence-corrected chi connectivity index (χ2v) is 2.59. The van der Waals surface area contributed by atoms with Gasteiger partial charge in [0.25, 0.3) is 0 Å². The van der Waals surface area contributed by atoms with Crippen molar-refractivity contribution in [2.75, 3.05) is 0 Å². The summed E-state index contributed by atoms with van der Waals surface area (Å²) >= 11 is 0. The summed E-state index contributed by atoms with van der Waals surface area (Å²) in [5, 5.41) is 20.0. The molecule has 0 spiro atoms. The van der Waals surface area contributed by atoms with Gasteiger partial charge in [0.15, 0.2) is 11.4 Å². The predicted octanol–water partition coefficient (Wildman–Crippen LogP) is 1.11. The van der Waals surface area contributed by atoms with Crippen molar-refractivity contribution in [2.24, 2.45) is 5.29 Å². The average molecular weight is 189 g/mol. The Morgan fingerprint density at radius 3 is 2.64 bits per heavy atom. The third-order valence-corrected chi connectivity index (χ3v) is 1.69. The fourth-order valence-corrected chi connectivity index (χ4v) is 1.11. The number of aryl methyl sites for hydroxylation is 1. The molecule has 0 fully saturated rings. The summed E-state index contributed by atoms with van der Waals surface area (Å²) in [6, 6.07) is 3.48. The molecule has 6 nitrogen and oxygen atoms in total. The summed E-state index contributed by atoms with van der Waals surface area (Å²) in [5.74, 6) is 0.357. The van der Waals surface area contributed by atoms with Gasteiger partial charge in [-0.15, -0.1) is 4.91 Å². The van der Waals surface area contributed by atoms with Crippen molar-refractivity contribution < 1.29 is 0 Å². The van der Waals surface area contributed by atoms with Crippen LogP contribution in [0.15, 0.2) is 5.29 Å². The Morgan fingerprint density at radius 1 is 1.50 bits per heavy atom. The lowest BCUT2D eigenvalue weighted by molar-refractivity contribution is 0.731. The van der Waals surface area contributed by atoms with Gasteiger partial charge < -0.3 is 0 Å². The lowest BCUT2D eigenvalue weighted by atomic mass is 10.3. The number of hydrogen-bond acceptors (Lipinski definition) is 5. The van der Waals surface area contributed by atoms with Gasteiger partial charge in [0, 0.05) is 6.42 Å². The van der Waals surface area contributed by atoms with E-state index in [4.69, 9.17) is 10.5 Å². The van der Waals surface area contributed by atoms with Crippen LogP contribution in [-0.2, 0) is 6.42 Å². The predicted molar refractivity (Wildman–Crippen MR) is 46.8 cm³/mol. The third kappa shape index (κ3) is 1.46. The molecule has 0 aliphatic heterocycles. The van der Waals surface area contributed by atoms with Crippen LogP contribution in [0.1, 0.15) is 30.6 Å². The van der Waals surface area contributed by atoms with Gasteiger partial charge in [-0.2, -0.15) is 15.2 Å². The molecule has 0 atom stereocenters. The highest BCUT2D eigenvalue weighted by molar-refractivity contribution is 5.37. The molecule has 0 aromatic carbocycles. The molecule has 0 aliphatic carbocycles. The first-order chi connectivity index (χ1) is 6.78. The minimum Gasteiger partial charge on any atom is -0.219 e. The van der Waals surface area contributed by atoms with E-state index in [2.05, 4.69) is 10.3 Å². The average Bonchev–Trinajstić information content (AvgIpc) is 2.55. The van der Waals surface area contributed by atoms with Gasteiger partial charge in [-0.1, -0.05) is 6.92 Å². The van der Waals surface area contributed by atoms with Gasteiger partial charge in [0.1, 0.15) is 18.0 Å². The molecule has 0 N–H and O–H groups in total. The zero-order chi connectivity index (χ0) is 10.6. The first-order valence-corrected chi connectivity index (χ1v) is 4.03. The number of hydrogen-bond donors (Lipinski definition) is 0. The lowest BCUT2D eigenvalue weighted by Gasteiger charge is -1.94. The van der Waals surface area contributed by atoms with E-state index in [1.54, 1.807) is 12.1 Å². The second kappa shape index (κ2) is 4.15. The van der Waals surface area contributed by atoms with Gasteiger partial charge >= 0.3 is 0 Å². The summed E-state index contributed by atoms with van der Waals surface area (Å²) in [6.07, 6.45) is 1.28. The van der Waals surface area contributed by atoms with E-state index >= 15 is 0 Å². The Kier molecular flexibility index (Phi) is 2.93. The van der Waals surface area contributed by atoms with Crippen molar-refractivity contribution in [3.63, 3.8) is 0 Å². The van der Waals surface area contributed by atoms with E-state index < -0.39 is 0 Å². The number of nitrogens with zero attached hydrogens (tertiary/aromatic N) is 5. The molecule has 0 bridgehead atoms. The highest BCUT2D eigenvalue weighted by Gasteiger charge is 2.16. The largest absolute Gasteiger partial charge is 0.219 e. The van der Waals surface area contributed by atoms with Gasteiger partial charge in [-0.05, 0) is 6.42 Å². The summed E-state index contributed by atoms with van der Waals surface area (Å²) in [5.41, 5.74) is -0.137. The van der Waals surface area contributed by atoms with Crippen molar-refractivity contribution in [3.05, 3.63) is 22.1 Å². The van der Waals surface area contributed by atoms with Crippen molar-refractivity contribution in [1.29, 1.82) is 10.5 Å². The van der Waals surface area contributed by atoms with Crippen LogP contribution in [0.25, 0.3) is 0 Å². The molecule has 70 valence electrons.